The summed E-state index contributed by atoms with van der Waals surface area (Å²) < 4.78 is 46.8. The molecule has 1 aromatic heterocycles. The van der Waals surface area contributed by atoms with E-state index in [1.165, 1.54) is 6.92 Å². The van der Waals surface area contributed by atoms with Crippen LogP contribution in [-0.2, 0) is 10.0 Å². The normalized spacial score (nSPS) is 12.1. The number of hydrogen-bond acceptors (Lipinski definition) is 3. The van der Waals surface area contributed by atoms with Crippen LogP contribution in [0.15, 0.2) is 11.0 Å². The summed E-state index contributed by atoms with van der Waals surface area (Å²) in [6.07, 6.45) is -2.73. The van der Waals surface area contributed by atoms with Crippen molar-refractivity contribution < 1.29 is 17.2 Å². The van der Waals surface area contributed by atoms with Crippen LogP contribution in [0.3, 0.4) is 0 Å². The zero-order valence-corrected chi connectivity index (χ0v) is 10.5. The number of pyridine rings is 1. The number of sulfonamides is 1. The van der Waals surface area contributed by atoms with E-state index >= 15 is 0 Å². The molecule has 2 N–H and O–H groups in total. The van der Waals surface area contributed by atoms with Crippen molar-refractivity contribution in [3.05, 3.63) is 21.0 Å². The molecule has 8 heteroatoms. The summed E-state index contributed by atoms with van der Waals surface area (Å²) in [6, 6.07) is 1.02. The van der Waals surface area contributed by atoms with E-state index in [0.29, 0.717) is 0 Å². The van der Waals surface area contributed by atoms with Crippen LogP contribution >= 0.6 is 22.6 Å². The van der Waals surface area contributed by atoms with Gasteiger partial charge in [0.1, 0.15) is 14.3 Å². The highest BCUT2D eigenvalue weighted by Gasteiger charge is 2.20. The van der Waals surface area contributed by atoms with Gasteiger partial charge in [0.2, 0.25) is 10.0 Å². The fourth-order valence-electron chi connectivity index (χ4n) is 1.10. The van der Waals surface area contributed by atoms with Crippen LogP contribution in [0.1, 0.15) is 17.7 Å². The van der Waals surface area contributed by atoms with Crippen molar-refractivity contribution in [1.82, 2.24) is 4.98 Å². The summed E-state index contributed by atoms with van der Waals surface area (Å²) in [6.45, 7) is 1.40. The minimum absolute atomic E-state index is 0.0367. The monoisotopic (exact) mass is 348 g/mol. The molecule has 0 aliphatic heterocycles. The van der Waals surface area contributed by atoms with E-state index in [4.69, 9.17) is 5.14 Å². The highest BCUT2D eigenvalue weighted by Crippen LogP contribution is 2.24. The molecule has 0 saturated heterocycles. The zero-order valence-electron chi connectivity index (χ0n) is 7.54. The lowest BCUT2D eigenvalue weighted by atomic mass is 10.2. The van der Waals surface area contributed by atoms with Gasteiger partial charge in [-0.15, -0.1) is 0 Å². The third-order valence-electron chi connectivity index (χ3n) is 1.65. The van der Waals surface area contributed by atoms with Gasteiger partial charge in [0.05, 0.1) is 0 Å². The second kappa shape index (κ2) is 4.26. The van der Waals surface area contributed by atoms with Crippen LogP contribution in [0, 0.1) is 10.6 Å². The first-order chi connectivity index (χ1) is 6.73. The second-order valence-corrected chi connectivity index (χ2v) is 5.35. The number of halogens is 3. The van der Waals surface area contributed by atoms with E-state index in [9.17, 15) is 17.2 Å². The van der Waals surface area contributed by atoms with Gasteiger partial charge in [-0.1, -0.05) is 0 Å². The van der Waals surface area contributed by atoms with Gasteiger partial charge >= 0.3 is 0 Å². The topological polar surface area (TPSA) is 73.0 Å². The minimum atomic E-state index is -3.92. The quantitative estimate of drug-likeness (QED) is 0.652. The summed E-state index contributed by atoms with van der Waals surface area (Å²) in [5, 5.41) is 4.92. The molecular formula is C7H7F2IN2O2S. The van der Waals surface area contributed by atoms with Crippen LogP contribution in [0.2, 0.25) is 0 Å². The number of alkyl halides is 2. The Labute approximate surface area is 99.1 Å². The first kappa shape index (κ1) is 12.7. The molecule has 1 aromatic rings. The fourth-order valence-corrected chi connectivity index (χ4v) is 3.51. The lowest BCUT2D eigenvalue weighted by Gasteiger charge is -2.07. The molecule has 0 radical (unpaired) electrons. The highest BCUT2D eigenvalue weighted by molar-refractivity contribution is 14.1. The molecule has 0 fully saturated rings. The fraction of sp³-hybridized carbons (Fsp3) is 0.286. The average Bonchev–Trinajstić information content (AvgIpc) is 1.99. The Morgan fingerprint density at radius 2 is 2.07 bits per heavy atom. The van der Waals surface area contributed by atoms with Crippen molar-refractivity contribution in [2.75, 3.05) is 0 Å². The van der Waals surface area contributed by atoms with Crippen LogP contribution in [0.4, 0.5) is 8.78 Å². The van der Waals surface area contributed by atoms with E-state index in [0.717, 1.165) is 6.07 Å². The molecular weight excluding hydrogens is 341 g/mol. The largest absolute Gasteiger partial charge is 0.280 e. The molecule has 0 aliphatic rings. The van der Waals surface area contributed by atoms with Gasteiger partial charge in [-0.3, -0.25) is 0 Å². The third kappa shape index (κ3) is 2.82. The van der Waals surface area contributed by atoms with Crippen LogP contribution < -0.4 is 5.14 Å². The lowest BCUT2D eigenvalue weighted by Crippen LogP contribution is -2.17. The Morgan fingerprint density at radius 1 is 1.53 bits per heavy atom. The standard InChI is InChI=1S/C7H7F2IN2O2S/c1-3-2-4(6(8)9)12-7(10)5(3)15(11,13)14/h2,6H,1H3,(H2,11,13,14). The molecule has 1 heterocycles. The van der Waals surface area contributed by atoms with Crippen LogP contribution in [0.25, 0.3) is 0 Å². The minimum Gasteiger partial charge on any atom is -0.239 e. The number of aryl methyl sites for hydroxylation is 1. The van der Waals surface area contributed by atoms with Gasteiger partial charge in [-0.25, -0.2) is 27.3 Å². The van der Waals surface area contributed by atoms with E-state index in [1.807, 2.05) is 0 Å². The van der Waals surface area contributed by atoms with Gasteiger partial charge < -0.3 is 0 Å². The van der Waals surface area contributed by atoms with Crippen molar-refractivity contribution >= 4 is 32.6 Å². The molecule has 0 aliphatic carbocycles. The Kier molecular flexibility index (Phi) is 3.61. The Hall–Kier alpha value is -0.350. The van der Waals surface area contributed by atoms with Gasteiger partial charge in [0, 0.05) is 0 Å². The van der Waals surface area contributed by atoms with Crippen molar-refractivity contribution in [2.24, 2.45) is 5.14 Å². The number of rotatable bonds is 2. The summed E-state index contributed by atoms with van der Waals surface area (Å²) in [4.78, 5) is 3.28. The van der Waals surface area contributed by atoms with Gasteiger partial charge in [0.25, 0.3) is 6.43 Å². The van der Waals surface area contributed by atoms with E-state index < -0.39 is 22.1 Å². The number of hydrogen-bond donors (Lipinski definition) is 1. The first-order valence-corrected chi connectivity index (χ1v) is 6.34. The number of aromatic nitrogens is 1. The molecule has 15 heavy (non-hydrogen) atoms. The molecule has 0 aromatic carbocycles. The smallest absolute Gasteiger partial charge is 0.239 e. The van der Waals surface area contributed by atoms with Crippen LogP contribution in [0.5, 0.6) is 0 Å². The second-order valence-electron chi connectivity index (χ2n) is 2.83. The molecule has 0 bridgehead atoms. The lowest BCUT2D eigenvalue weighted by molar-refractivity contribution is 0.145. The predicted octanol–water partition coefficient (Wildman–Crippen LogP) is 1.58. The Morgan fingerprint density at radius 3 is 2.40 bits per heavy atom. The van der Waals surface area contributed by atoms with Crippen molar-refractivity contribution in [3.63, 3.8) is 0 Å². The van der Waals surface area contributed by atoms with E-state index in [1.54, 1.807) is 22.6 Å². The summed E-state index contributed by atoms with van der Waals surface area (Å²) >= 11 is 1.57. The highest BCUT2D eigenvalue weighted by atomic mass is 127. The maximum Gasteiger partial charge on any atom is 0.280 e. The van der Waals surface area contributed by atoms with E-state index in [2.05, 4.69) is 4.98 Å². The summed E-state index contributed by atoms with van der Waals surface area (Å²) in [5.74, 6) is 0. The molecule has 1 rings (SSSR count). The average molecular weight is 348 g/mol. The van der Waals surface area contributed by atoms with Gasteiger partial charge in [-0.05, 0) is 41.1 Å². The van der Waals surface area contributed by atoms with E-state index in [-0.39, 0.29) is 14.2 Å². The van der Waals surface area contributed by atoms with Gasteiger partial charge in [-0.2, -0.15) is 0 Å². The number of nitrogens with zero attached hydrogens (tertiary/aromatic N) is 1. The first-order valence-electron chi connectivity index (χ1n) is 3.71. The van der Waals surface area contributed by atoms with Gasteiger partial charge in [0.15, 0.2) is 0 Å². The zero-order chi connectivity index (χ0) is 11.8. The Bertz CT molecular complexity index is 467. The number of primary sulfonamides is 1. The van der Waals surface area contributed by atoms with Crippen molar-refractivity contribution in [2.45, 2.75) is 18.2 Å². The third-order valence-corrected chi connectivity index (χ3v) is 3.88. The van der Waals surface area contributed by atoms with Crippen molar-refractivity contribution in [1.29, 1.82) is 0 Å². The SMILES string of the molecule is Cc1cc(C(F)F)nc(I)c1S(N)(=O)=O. The molecule has 0 unspecified atom stereocenters. The maximum absolute atomic E-state index is 12.3. The molecule has 0 atom stereocenters. The molecule has 0 spiro atoms. The summed E-state index contributed by atoms with van der Waals surface area (Å²) in [5.41, 5.74) is -0.281. The van der Waals surface area contributed by atoms with Crippen LogP contribution in [-0.4, -0.2) is 13.4 Å². The molecule has 84 valence electrons. The molecule has 0 amide bonds. The molecule has 4 nitrogen and oxygen atoms in total. The summed E-state index contributed by atoms with van der Waals surface area (Å²) in [7, 11) is -3.92. The van der Waals surface area contributed by atoms with Crippen molar-refractivity contribution in [3.8, 4) is 0 Å². The molecule has 0 saturated carbocycles. The predicted molar refractivity (Wildman–Crippen MR) is 58.0 cm³/mol. The Balaban J connectivity index is 3.48. The number of nitrogens with two attached hydrogens (primary N) is 1. The maximum atomic E-state index is 12.3.